The first kappa shape index (κ1) is 23.7. The van der Waals surface area contributed by atoms with Gasteiger partial charge < -0.3 is 14.6 Å². The summed E-state index contributed by atoms with van der Waals surface area (Å²) in [6.07, 6.45) is 10.3. The molecule has 1 fully saturated rings. The van der Waals surface area contributed by atoms with Gasteiger partial charge in [0.05, 0.1) is 12.6 Å². The summed E-state index contributed by atoms with van der Waals surface area (Å²) < 4.78 is 7.53. The number of hydrogen-bond acceptors (Lipinski definition) is 5. The Balaban J connectivity index is 1.13. The fourth-order valence-electron chi connectivity index (χ4n) is 5.45. The van der Waals surface area contributed by atoms with Gasteiger partial charge in [-0.3, -0.25) is 9.47 Å². The lowest BCUT2D eigenvalue weighted by Crippen LogP contribution is -2.45. The van der Waals surface area contributed by atoms with Gasteiger partial charge in [0.15, 0.2) is 0 Å². The largest absolute Gasteiger partial charge is 0.383 e. The molecule has 0 spiro atoms. The fourth-order valence-corrected chi connectivity index (χ4v) is 5.45. The molecule has 1 unspecified atom stereocenters. The second-order valence-electron chi connectivity index (χ2n) is 9.64. The summed E-state index contributed by atoms with van der Waals surface area (Å²) in [5.74, 6) is 0. The van der Waals surface area contributed by atoms with Crippen molar-refractivity contribution >= 4 is 10.9 Å². The minimum Gasteiger partial charge on any atom is -0.383 e. The molecule has 35 heavy (non-hydrogen) atoms. The van der Waals surface area contributed by atoms with Gasteiger partial charge in [-0.25, -0.2) is 0 Å². The molecule has 2 aromatic carbocycles. The Morgan fingerprint density at radius 1 is 1.09 bits per heavy atom. The van der Waals surface area contributed by atoms with Crippen molar-refractivity contribution in [2.75, 3.05) is 40.4 Å². The first-order valence-corrected chi connectivity index (χ1v) is 12.7. The Kier molecular flexibility index (Phi) is 7.57. The SMILES string of the molecule is COCC(c1ccccc1)N(C)C1CCN(CCCc2c[nH]c3ccc(-n4cnnc4)cc23)CC1. The fraction of sp³-hybridized carbons (Fsp3) is 0.429. The number of methoxy groups -OCH3 is 1. The van der Waals surface area contributed by atoms with Gasteiger partial charge in [0.2, 0.25) is 0 Å². The van der Waals surface area contributed by atoms with Crippen LogP contribution in [0, 0.1) is 0 Å². The number of aromatic amines is 1. The average molecular weight is 473 g/mol. The summed E-state index contributed by atoms with van der Waals surface area (Å²) >= 11 is 0. The Morgan fingerprint density at radius 2 is 1.86 bits per heavy atom. The van der Waals surface area contributed by atoms with E-state index in [1.165, 1.54) is 41.3 Å². The predicted molar refractivity (Wildman–Crippen MR) is 140 cm³/mol. The topological polar surface area (TPSA) is 62.2 Å². The van der Waals surface area contributed by atoms with Gasteiger partial charge in [-0.15, -0.1) is 10.2 Å². The molecule has 3 heterocycles. The van der Waals surface area contributed by atoms with Crippen LogP contribution in [0.25, 0.3) is 16.6 Å². The second-order valence-corrected chi connectivity index (χ2v) is 9.64. The van der Waals surface area contributed by atoms with E-state index in [4.69, 9.17) is 4.74 Å². The highest BCUT2D eigenvalue weighted by molar-refractivity contribution is 5.85. The molecule has 2 aromatic heterocycles. The van der Waals surface area contributed by atoms with Gasteiger partial charge in [-0.05, 0) is 81.7 Å². The standard InChI is InChI=1S/C28H36N6O/c1-32(28(19-35-2)22-7-4-3-5-8-22)24-12-15-33(16-13-24)14-6-9-23-18-29-27-11-10-25(17-26(23)27)34-20-30-31-21-34/h3-5,7-8,10-11,17-18,20-21,24,28-29H,6,9,12-16,19H2,1-2H3. The Hall–Kier alpha value is -3.00. The first-order chi connectivity index (χ1) is 17.2. The number of nitrogens with zero attached hydrogens (tertiary/aromatic N) is 5. The molecule has 1 atom stereocenters. The number of aryl methyl sites for hydroxylation is 1. The van der Waals surface area contributed by atoms with Crippen LogP contribution in [0.15, 0.2) is 67.4 Å². The number of H-pyrrole nitrogens is 1. The van der Waals surface area contributed by atoms with E-state index in [0.717, 1.165) is 38.3 Å². The van der Waals surface area contributed by atoms with Crippen LogP contribution in [-0.2, 0) is 11.2 Å². The highest BCUT2D eigenvalue weighted by Crippen LogP contribution is 2.27. The van der Waals surface area contributed by atoms with E-state index >= 15 is 0 Å². The molecule has 7 nitrogen and oxygen atoms in total. The minimum atomic E-state index is 0.308. The van der Waals surface area contributed by atoms with Crippen LogP contribution in [0.2, 0.25) is 0 Å². The molecule has 0 amide bonds. The Bertz CT molecular complexity index is 1180. The molecule has 1 aliphatic heterocycles. The molecule has 0 saturated carbocycles. The lowest BCUT2D eigenvalue weighted by atomic mass is 9.98. The van der Waals surface area contributed by atoms with E-state index in [1.807, 2.05) is 4.57 Å². The average Bonchev–Trinajstić information content (AvgIpc) is 3.58. The van der Waals surface area contributed by atoms with E-state index in [-0.39, 0.29) is 0 Å². The third-order valence-corrected chi connectivity index (χ3v) is 7.52. The molecule has 5 rings (SSSR count). The normalized spacial score (nSPS) is 16.3. The monoisotopic (exact) mass is 472 g/mol. The van der Waals surface area contributed by atoms with E-state index < -0.39 is 0 Å². The molecule has 184 valence electrons. The zero-order valence-electron chi connectivity index (χ0n) is 20.8. The molecular weight excluding hydrogens is 436 g/mol. The smallest absolute Gasteiger partial charge is 0.123 e. The number of likely N-dealkylation sites (tertiary alicyclic amines) is 1. The lowest BCUT2D eigenvalue weighted by molar-refractivity contribution is 0.0505. The van der Waals surface area contributed by atoms with Crippen molar-refractivity contribution in [2.24, 2.45) is 0 Å². The summed E-state index contributed by atoms with van der Waals surface area (Å²) in [6, 6.07) is 18.1. The molecule has 0 aliphatic carbocycles. The number of aromatic nitrogens is 4. The van der Waals surface area contributed by atoms with Gasteiger partial charge in [0.25, 0.3) is 0 Å². The lowest BCUT2D eigenvalue weighted by Gasteiger charge is -2.40. The zero-order chi connectivity index (χ0) is 24.0. The van der Waals surface area contributed by atoms with Gasteiger partial charge >= 0.3 is 0 Å². The van der Waals surface area contributed by atoms with E-state index in [0.29, 0.717) is 12.1 Å². The zero-order valence-corrected chi connectivity index (χ0v) is 20.8. The number of rotatable bonds is 10. The van der Waals surface area contributed by atoms with Crippen LogP contribution in [0.3, 0.4) is 0 Å². The van der Waals surface area contributed by atoms with Crippen molar-refractivity contribution in [3.63, 3.8) is 0 Å². The summed E-state index contributed by atoms with van der Waals surface area (Å²) in [4.78, 5) is 8.60. The summed E-state index contributed by atoms with van der Waals surface area (Å²) in [5, 5.41) is 9.15. The van der Waals surface area contributed by atoms with Gasteiger partial charge in [-0.1, -0.05) is 30.3 Å². The van der Waals surface area contributed by atoms with Gasteiger partial charge in [0, 0.05) is 35.9 Å². The first-order valence-electron chi connectivity index (χ1n) is 12.7. The van der Waals surface area contributed by atoms with Crippen LogP contribution in [0.4, 0.5) is 0 Å². The van der Waals surface area contributed by atoms with E-state index in [2.05, 4.69) is 86.8 Å². The van der Waals surface area contributed by atoms with Crippen LogP contribution < -0.4 is 0 Å². The number of hydrogen-bond donors (Lipinski definition) is 1. The van der Waals surface area contributed by atoms with Crippen LogP contribution >= 0.6 is 0 Å². The molecule has 7 heteroatoms. The van der Waals surface area contributed by atoms with Crippen molar-refractivity contribution < 1.29 is 4.74 Å². The number of fused-ring (bicyclic) bond motifs is 1. The second kappa shape index (κ2) is 11.2. The summed E-state index contributed by atoms with van der Waals surface area (Å²) in [7, 11) is 4.07. The highest BCUT2D eigenvalue weighted by atomic mass is 16.5. The van der Waals surface area contributed by atoms with Crippen molar-refractivity contribution in [2.45, 2.75) is 37.8 Å². The molecule has 0 bridgehead atoms. The minimum absolute atomic E-state index is 0.308. The number of benzene rings is 2. The Morgan fingerprint density at radius 3 is 2.60 bits per heavy atom. The van der Waals surface area contributed by atoms with Crippen LogP contribution in [-0.4, -0.2) is 76.0 Å². The molecule has 4 aromatic rings. The van der Waals surface area contributed by atoms with Gasteiger partial charge in [-0.2, -0.15) is 0 Å². The maximum atomic E-state index is 5.58. The van der Waals surface area contributed by atoms with Crippen LogP contribution in [0.1, 0.15) is 36.4 Å². The molecule has 1 N–H and O–H groups in total. The van der Waals surface area contributed by atoms with Gasteiger partial charge in [0.1, 0.15) is 12.7 Å². The van der Waals surface area contributed by atoms with Crippen LogP contribution in [0.5, 0.6) is 0 Å². The van der Waals surface area contributed by atoms with Crippen molar-refractivity contribution in [3.8, 4) is 5.69 Å². The van der Waals surface area contributed by atoms with Crippen molar-refractivity contribution in [1.29, 1.82) is 0 Å². The van der Waals surface area contributed by atoms with E-state index in [9.17, 15) is 0 Å². The number of likely N-dealkylation sites (N-methyl/N-ethyl adjacent to an activating group) is 1. The molecule has 1 aliphatic rings. The Labute approximate surface area is 207 Å². The van der Waals surface area contributed by atoms with Crippen molar-refractivity contribution in [3.05, 3.63) is 78.5 Å². The number of piperidine rings is 1. The van der Waals surface area contributed by atoms with E-state index in [1.54, 1.807) is 19.8 Å². The summed E-state index contributed by atoms with van der Waals surface area (Å²) in [6.45, 7) is 4.20. The molecule has 1 saturated heterocycles. The maximum Gasteiger partial charge on any atom is 0.123 e. The summed E-state index contributed by atoms with van der Waals surface area (Å²) in [5.41, 5.74) is 5.00. The third-order valence-electron chi connectivity index (χ3n) is 7.52. The number of nitrogens with one attached hydrogen (secondary N) is 1. The maximum absolute atomic E-state index is 5.58. The van der Waals surface area contributed by atoms with Crippen molar-refractivity contribution in [1.82, 2.24) is 29.5 Å². The molecular formula is C28H36N6O. The number of ether oxygens (including phenoxy) is 1. The third kappa shape index (κ3) is 5.48. The predicted octanol–water partition coefficient (Wildman–Crippen LogP) is 4.47. The molecule has 0 radical (unpaired) electrons. The quantitative estimate of drug-likeness (QED) is 0.369. The highest BCUT2D eigenvalue weighted by Gasteiger charge is 2.27.